The first-order valence-corrected chi connectivity index (χ1v) is 15.9. The number of rotatable bonds is 20. The van der Waals surface area contributed by atoms with E-state index in [1.807, 2.05) is 54.2 Å². The summed E-state index contributed by atoms with van der Waals surface area (Å²) in [6.07, 6.45) is 6.00. The van der Waals surface area contributed by atoms with Gasteiger partial charge in [-0.15, -0.1) is 11.8 Å². The first-order valence-electron chi connectivity index (χ1n) is 14.9. The van der Waals surface area contributed by atoms with E-state index >= 15 is 0 Å². The monoisotopic (exact) mass is 568 g/mol. The maximum atomic E-state index is 6.23. The molecule has 0 fully saturated rings. The van der Waals surface area contributed by atoms with Gasteiger partial charge in [-0.3, -0.25) is 0 Å². The lowest BCUT2D eigenvalue weighted by atomic mass is 10.1. The second-order valence-electron chi connectivity index (χ2n) is 10.2. The highest BCUT2D eigenvalue weighted by Gasteiger charge is 2.09. The number of nitrogens with one attached hydrogen (secondary N) is 2. The fourth-order valence-electron chi connectivity index (χ4n) is 4.50. The molecular formula is C36H44N2O2S. The number of unbranched alkanes of at least 4 members (excludes halogenated alkanes) is 3. The molecule has 0 amide bonds. The zero-order valence-corrected chi connectivity index (χ0v) is 24.9. The number of hydrogen-bond donors (Lipinski definition) is 2. The Kier molecular flexibility index (Phi) is 14.2. The predicted octanol–water partition coefficient (Wildman–Crippen LogP) is 7.92. The van der Waals surface area contributed by atoms with Crippen molar-refractivity contribution in [2.75, 3.05) is 31.9 Å². The van der Waals surface area contributed by atoms with Gasteiger partial charge in [-0.25, -0.2) is 0 Å². The summed E-state index contributed by atoms with van der Waals surface area (Å²) in [5, 5.41) is 7.19. The molecule has 0 atom stereocenters. The van der Waals surface area contributed by atoms with Gasteiger partial charge in [-0.1, -0.05) is 97.8 Å². The summed E-state index contributed by atoms with van der Waals surface area (Å²) in [7, 11) is 0. The second-order valence-corrected chi connectivity index (χ2v) is 11.3. The molecule has 4 aromatic rings. The van der Waals surface area contributed by atoms with Crippen LogP contribution in [0.5, 0.6) is 11.5 Å². The van der Waals surface area contributed by atoms with Gasteiger partial charge in [0.05, 0.1) is 0 Å². The van der Waals surface area contributed by atoms with Gasteiger partial charge in [-0.05, 0) is 79.9 Å². The van der Waals surface area contributed by atoms with Gasteiger partial charge in [0, 0.05) is 17.2 Å². The van der Waals surface area contributed by atoms with Crippen LogP contribution in [0.15, 0.2) is 114 Å². The molecule has 216 valence electrons. The minimum absolute atomic E-state index is 0.520. The molecule has 0 bridgehead atoms. The van der Waals surface area contributed by atoms with Crippen molar-refractivity contribution < 1.29 is 9.47 Å². The van der Waals surface area contributed by atoms with E-state index in [0.717, 1.165) is 61.0 Å². The lowest BCUT2D eigenvalue weighted by molar-refractivity contribution is 0.255. The predicted molar refractivity (Wildman–Crippen MR) is 173 cm³/mol. The zero-order valence-electron chi connectivity index (χ0n) is 24.1. The fraction of sp³-hybridized carbons (Fsp3) is 0.333. The van der Waals surface area contributed by atoms with Crippen LogP contribution in [0.25, 0.3) is 0 Å². The van der Waals surface area contributed by atoms with E-state index in [1.165, 1.54) is 36.1 Å². The molecule has 0 spiro atoms. The smallest absolute Gasteiger partial charge is 0.161 e. The molecule has 0 saturated heterocycles. The van der Waals surface area contributed by atoms with Gasteiger partial charge in [0.2, 0.25) is 0 Å². The van der Waals surface area contributed by atoms with Crippen molar-refractivity contribution in [3.05, 3.63) is 126 Å². The Morgan fingerprint density at radius 1 is 0.488 bits per heavy atom. The molecule has 4 rings (SSSR count). The largest absolute Gasteiger partial charge is 0.485 e. The van der Waals surface area contributed by atoms with Crippen molar-refractivity contribution in [2.45, 2.75) is 50.2 Å². The first kappa shape index (κ1) is 30.7. The van der Waals surface area contributed by atoms with E-state index in [2.05, 4.69) is 77.4 Å². The van der Waals surface area contributed by atoms with Crippen LogP contribution in [0.3, 0.4) is 0 Å². The minimum atomic E-state index is 0.520. The molecule has 0 aliphatic carbocycles. The maximum Gasteiger partial charge on any atom is 0.161 e. The van der Waals surface area contributed by atoms with Crippen molar-refractivity contribution in [1.29, 1.82) is 0 Å². The average molecular weight is 569 g/mol. The molecule has 0 saturated carbocycles. The Labute approximate surface area is 250 Å². The van der Waals surface area contributed by atoms with Crippen molar-refractivity contribution in [2.24, 2.45) is 0 Å². The van der Waals surface area contributed by atoms with Gasteiger partial charge in [0.1, 0.15) is 13.2 Å². The van der Waals surface area contributed by atoms with E-state index in [4.69, 9.17) is 9.47 Å². The van der Waals surface area contributed by atoms with Crippen LogP contribution in [0.2, 0.25) is 0 Å². The molecule has 0 unspecified atom stereocenters. The highest BCUT2D eigenvalue weighted by molar-refractivity contribution is 7.99. The zero-order chi connectivity index (χ0) is 28.2. The summed E-state index contributed by atoms with van der Waals surface area (Å²) >= 11 is 1.92. The van der Waals surface area contributed by atoms with E-state index in [1.54, 1.807) is 0 Å². The topological polar surface area (TPSA) is 42.5 Å². The van der Waals surface area contributed by atoms with Crippen LogP contribution in [0, 0.1) is 0 Å². The summed E-state index contributed by atoms with van der Waals surface area (Å²) in [6, 6.07) is 37.5. The molecule has 5 heteroatoms. The van der Waals surface area contributed by atoms with Crippen LogP contribution in [-0.4, -0.2) is 31.9 Å². The Hall–Kier alpha value is -3.25. The highest BCUT2D eigenvalue weighted by Crippen LogP contribution is 2.30. The van der Waals surface area contributed by atoms with Gasteiger partial charge < -0.3 is 20.1 Å². The summed E-state index contributed by atoms with van der Waals surface area (Å²) < 4.78 is 12.4. The van der Waals surface area contributed by atoms with Crippen molar-refractivity contribution in [3.63, 3.8) is 0 Å². The van der Waals surface area contributed by atoms with Crippen molar-refractivity contribution in [1.82, 2.24) is 10.6 Å². The molecule has 0 heterocycles. The third kappa shape index (κ3) is 12.4. The van der Waals surface area contributed by atoms with Crippen LogP contribution in [0.1, 0.15) is 42.4 Å². The van der Waals surface area contributed by atoms with Gasteiger partial charge in [-0.2, -0.15) is 0 Å². The Morgan fingerprint density at radius 3 is 1.68 bits per heavy atom. The molecule has 0 aromatic heterocycles. The average Bonchev–Trinajstić information content (AvgIpc) is 3.03. The molecule has 0 radical (unpaired) electrons. The third-order valence-corrected chi connectivity index (χ3v) is 7.83. The van der Waals surface area contributed by atoms with Crippen LogP contribution in [0.4, 0.5) is 0 Å². The molecular weight excluding hydrogens is 524 g/mol. The molecule has 0 aliphatic heterocycles. The molecule has 41 heavy (non-hydrogen) atoms. The molecule has 4 aromatic carbocycles. The number of thioether (sulfide) groups is 1. The number of ether oxygens (including phenoxy) is 2. The van der Waals surface area contributed by atoms with E-state index in [0.29, 0.717) is 13.2 Å². The molecule has 4 nitrogen and oxygen atoms in total. The lowest BCUT2D eigenvalue weighted by Gasteiger charge is -2.15. The molecule has 0 aliphatic rings. The number of benzene rings is 4. The maximum absolute atomic E-state index is 6.23. The first-order chi connectivity index (χ1) is 20.4. The quantitative estimate of drug-likeness (QED) is 0.0837. The summed E-state index contributed by atoms with van der Waals surface area (Å²) in [4.78, 5) is 1.35. The SMILES string of the molecule is c1ccc(COc2ccc(CCNCCCCCCNCCSc3ccccc3)cc2OCc2ccccc2)cc1. The van der Waals surface area contributed by atoms with Gasteiger partial charge >= 0.3 is 0 Å². The van der Waals surface area contributed by atoms with Crippen LogP contribution in [-0.2, 0) is 19.6 Å². The summed E-state index contributed by atoms with van der Waals surface area (Å²) in [6.45, 7) is 5.25. The second kappa shape index (κ2) is 19.0. The Bertz CT molecular complexity index is 1220. The lowest BCUT2D eigenvalue weighted by Crippen LogP contribution is -2.19. The highest BCUT2D eigenvalue weighted by atomic mass is 32.2. The van der Waals surface area contributed by atoms with Gasteiger partial charge in [0.15, 0.2) is 11.5 Å². The molecule has 2 N–H and O–H groups in total. The minimum Gasteiger partial charge on any atom is -0.485 e. The van der Waals surface area contributed by atoms with E-state index in [9.17, 15) is 0 Å². The third-order valence-electron chi connectivity index (χ3n) is 6.82. The summed E-state index contributed by atoms with van der Waals surface area (Å²) in [5.74, 6) is 2.71. The fourth-order valence-corrected chi connectivity index (χ4v) is 5.34. The van der Waals surface area contributed by atoms with Crippen LogP contribution < -0.4 is 20.1 Å². The number of hydrogen-bond acceptors (Lipinski definition) is 5. The van der Waals surface area contributed by atoms with E-state index < -0.39 is 0 Å². The van der Waals surface area contributed by atoms with E-state index in [-0.39, 0.29) is 0 Å². The van der Waals surface area contributed by atoms with Crippen molar-refractivity contribution in [3.8, 4) is 11.5 Å². The summed E-state index contributed by atoms with van der Waals surface area (Å²) in [5.41, 5.74) is 3.54. The Morgan fingerprint density at radius 2 is 1.05 bits per heavy atom. The van der Waals surface area contributed by atoms with Crippen LogP contribution >= 0.6 is 11.8 Å². The normalized spacial score (nSPS) is 10.9. The van der Waals surface area contributed by atoms with Crippen molar-refractivity contribution >= 4 is 11.8 Å². The standard InChI is InChI=1S/C36H44N2O2S/c1(2-13-24-38-26-27-41-34-18-10-5-11-19-34)12-23-37-25-22-31-20-21-35(39-29-32-14-6-3-7-15-32)36(28-31)40-30-33-16-8-4-9-17-33/h3-11,14-21,28,37-38H,1-2,12-13,22-27,29-30H2. The van der Waals surface area contributed by atoms with Gasteiger partial charge in [0.25, 0.3) is 0 Å². The Balaban J connectivity index is 1.10.